The van der Waals surface area contributed by atoms with Gasteiger partial charge in [-0.3, -0.25) is 19.7 Å². The lowest BCUT2D eigenvalue weighted by Crippen LogP contribution is -2.39. The molecule has 1 aliphatic rings. The lowest BCUT2D eigenvalue weighted by atomic mass is 10.1. The summed E-state index contributed by atoms with van der Waals surface area (Å²) in [5.41, 5.74) is 0.779. The van der Waals surface area contributed by atoms with Crippen molar-refractivity contribution in [3.05, 3.63) is 75.5 Å². The molecule has 0 aromatic heterocycles. The number of carbonyl (C=O) groups is 2. The van der Waals surface area contributed by atoms with E-state index >= 15 is 0 Å². The molecule has 0 radical (unpaired) electrons. The van der Waals surface area contributed by atoms with Crippen molar-refractivity contribution >= 4 is 23.6 Å². The van der Waals surface area contributed by atoms with Crippen molar-refractivity contribution in [2.75, 3.05) is 13.1 Å². The van der Waals surface area contributed by atoms with Crippen molar-refractivity contribution in [3.63, 3.8) is 0 Å². The fourth-order valence-electron chi connectivity index (χ4n) is 3.63. The number of likely N-dealkylation sites (tertiary alicyclic amines) is 1. The number of carbonyl (C=O) groups excluding carboxylic acids is 2. The van der Waals surface area contributed by atoms with Crippen LogP contribution in [0.4, 0.5) is 5.69 Å². The standard InChI is InChI=1S/C25H29N3O5/c1-18(2)33-22-12-10-19(11-13-22)16-23(25(30)27-14-5-3-4-6-15-27)26-24(29)20-8-7-9-21(17-20)28(31)32/h7-13,16-18H,3-6,14-15H2,1-2H3,(H,26,29)/b23-16-. The van der Waals surface area contributed by atoms with Gasteiger partial charge in [-0.25, -0.2) is 0 Å². The van der Waals surface area contributed by atoms with Gasteiger partial charge in [-0.2, -0.15) is 0 Å². The van der Waals surface area contributed by atoms with Gasteiger partial charge in [-0.1, -0.05) is 31.0 Å². The number of nitro benzene ring substituents is 1. The molecule has 0 unspecified atom stereocenters. The van der Waals surface area contributed by atoms with Crippen LogP contribution in [-0.4, -0.2) is 40.8 Å². The van der Waals surface area contributed by atoms with Crippen LogP contribution in [0.2, 0.25) is 0 Å². The van der Waals surface area contributed by atoms with Gasteiger partial charge in [0.25, 0.3) is 17.5 Å². The Morgan fingerprint density at radius 3 is 2.33 bits per heavy atom. The third-order valence-electron chi connectivity index (χ3n) is 5.25. The van der Waals surface area contributed by atoms with Gasteiger partial charge in [0.1, 0.15) is 11.4 Å². The van der Waals surface area contributed by atoms with Gasteiger partial charge < -0.3 is 15.0 Å². The molecular weight excluding hydrogens is 422 g/mol. The first-order valence-electron chi connectivity index (χ1n) is 11.2. The fraction of sp³-hybridized carbons (Fsp3) is 0.360. The van der Waals surface area contributed by atoms with Gasteiger partial charge in [-0.05, 0) is 56.5 Å². The number of nitrogens with one attached hydrogen (secondary N) is 1. The molecule has 0 aliphatic carbocycles. The average molecular weight is 452 g/mol. The van der Waals surface area contributed by atoms with Gasteiger partial charge >= 0.3 is 0 Å². The second-order valence-electron chi connectivity index (χ2n) is 8.26. The number of benzene rings is 2. The molecule has 0 atom stereocenters. The zero-order chi connectivity index (χ0) is 23.8. The van der Waals surface area contributed by atoms with E-state index in [-0.39, 0.29) is 29.0 Å². The largest absolute Gasteiger partial charge is 0.491 e. The third kappa shape index (κ3) is 6.90. The summed E-state index contributed by atoms with van der Waals surface area (Å²) in [4.78, 5) is 38.5. The second-order valence-corrected chi connectivity index (χ2v) is 8.26. The van der Waals surface area contributed by atoms with Crippen LogP contribution in [0.1, 0.15) is 55.5 Å². The molecule has 2 aromatic rings. The van der Waals surface area contributed by atoms with Crippen molar-refractivity contribution in [1.29, 1.82) is 0 Å². The molecule has 33 heavy (non-hydrogen) atoms. The Bertz CT molecular complexity index is 1020. The minimum atomic E-state index is -0.576. The summed E-state index contributed by atoms with van der Waals surface area (Å²) in [5.74, 6) is -0.130. The number of hydrogen-bond acceptors (Lipinski definition) is 5. The number of rotatable bonds is 7. The normalized spacial score (nSPS) is 14.5. The molecule has 1 aliphatic heterocycles. The van der Waals surface area contributed by atoms with Gasteiger partial charge in [0, 0.05) is 30.8 Å². The maximum atomic E-state index is 13.3. The summed E-state index contributed by atoms with van der Waals surface area (Å²) in [6.45, 7) is 5.14. The molecule has 2 aromatic carbocycles. The van der Waals surface area contributed by atoms with Crippen LogP contribution in [0.3, 0.4) is 0 Å². The van der Waals surface area contributed by atoms with Crippen LogP contribution in [0, 0.1) is 10.1 Å². The van der Waals surface area contributed by atoms with Crippen LogP contribution < -0.4 is 10.1 Å². The first-order valence-corrected chi connectivity index (χ1v) is 11.2. The van der Waals surface area contributed by atoms with E-state index in [0.29, 0.717) is 18.8 Å². The molecule has 0 spiro atoms. The molecule has 8 nitrogen and oxygen atoms in total. The molecule has 174 valence electrons. The van der Waals surface area contributed by atoms with Crippen LogP contribution in [0.15, 0.2) is 54.2 Å². The first kappa shape index (κ1) is 24.0. The molecule has 1 N–H and O–H groups in total. The SMILES string of the molecule is CC(C)Oc1ccc(/C=C(\NC(=O)c2cccc([N+](=O)[O-])c2)C(=O)N2CCCCCC2)cc1. The zero-order valence-electron chi connectivity index (χ0n) is 19.0. The highest BCUT2D eigenvalue weighted by atomic mass is 16.6. The van der Waals surface area contributed by atoms with E-state index in [1.807, 2.05) is 38.1 Å². The molecule has 8 heteroatoms. The quantitative estimate of drug-likeness (QED) is 0.378. The lowest BCUT2D eigenvalue weighted by molar-refractivity contribution is -0.384. The fourth-order valence-corrected chi connectivity index (χ4v) is 3.63. The Morgan fingerprint density at radius 2 is 1.73 bits per heavy atom. The molecule has 1 fully saturated rings. The van der Waals surface area contributed by atoms with E-state index in [0.717, 1.165) is 31.2 Å². The van der Waals surface area contributed by atoms with Crippen LogP contribution >= 0.6 is 0 Å². The Labute approximate surface area is 193 Å². The van der Waals surface area contributed by atoms with Crippen molar-refractivity contribution in [1.82, 2.24) is 10.2 Å². The Morgan fingerprint density at radius 1 is 1.06 bits per heavy atom. The number of amides is 2. The number of hydrogen-bond donors (Lipinski definition) is 1. The highest BCUT2D eigenvalue weighted by Crippen LogP contribution is 2.19. The smallest absolute Gasteiger partial charge is 0.270 e. The molecular formula is C25H29N3O5. The van der Waals surface area contributed by atoms with E-state index in [4.69, 9.17) is 4.74 Å². The molecule has 1 heterocycles. The van der Waals surface area contributed by atoms with Crippen molar-refractivity contribution in [2.24, 2.45) is 0 Å². The topological polar surface area (TPSA) is 102 Å². The number of non-ortho nitro benzene ring substituents is 1. The van der Waals surface area contributed by atoms with Gasteiger partial charge in [0.2, 0.25) is 0 Å². The van der Waals surface area contributed by atoms with E-state index in [2.05, 4.69) is 5.32 Å². The number of ether oxygens (including phenoxy) is 1. The van der Waals surface area contributed by atoms with Crippen molar-refractivity contribution in [3.8, 4) is 5.75 Å². The molecule has 3 rings (SSSR count). The van der Waals surface area contributed by atoms with Crippen LogP contribution in [0.25, 0.3) is 6.08 Å². The first-order chi connectivity index (χ1) is 15.8. The Kier molecular flexibility index (Phi) is 8.18. The summed E-state index contributed by atoms with van der Waals surface area (Å²) in [5, 5.41) is 13.8. The monoisotopic (exact) mass is 451 g/mol. The average Bonchev–Trinajstić information content (AvgIpc) is 3.08. The van der Waals surface area contributed by atoms with Crippen LogP contribution in [-0.2, 0) is 4.79 Å². The van der Waals surface area contributed by atoms with E-state index in [1.54, 1.807) is 11.0 Å². The van der Waals surface area contributed by atoms with Crippen LogP contribution in [0.5, 0.6) is 5.75 Å². The highest BCUT2D eigenvalue weighted by Gasteiger charge is 2.22. The third-order valence-corrected chi connectivity index (χ3v) is 5.25. The van der Waals surface area contributed by atoms with Crippen molar-refractivity contribution < 1.29 is 19.2 Å². The zero-order valence-corrected chi connectivity index (χ0v) is 19.0. The number of nitrogens with zero attached hydrogens (tertiary/aromatic N) is 2. The predicted octanol–water partition coefficient (Wildman–Crippen LogP) is 4.56. The summed E-state index contributed by atoms with van der Waals surface area (Å²) >= 11 is 0. The summed E-state index contributed by atoms with van der Waals surface area (Å²) in [6.07, 6.45) is 5.64. The maximum Gasteiger partial charge on any atom is 0.270 e. The molecule has 0 saturated carbocycles. The summed E-state index contributed by atoms with van der Waals surface area (Å²) in [6, 6.07) is 12.7. The molecule has 0 bridgehead atoms. The minimum Gasteiger partial charge on any atom is -0.491 e. The van der Waals surface area contributed by atoms with Gasteiger partial charge in [0.15, 0.2) is 0 Å². The van der Waals surface area contributed by atoms with E-state index in [9.17, 15) is 19.7 Å². The summed E-state index contributed by atoms with van der Waals surface area (Å²) in [7, 11) is 0. The molecule has 1 saturated heterocycles. The van der Waals surface area contributed by atoms with Gasteiger partial charge in [0.05, 0.1) is 11.0 Å². The van der Waals surface area contributed by atoms with Gasteiger partial charge in [-0.15, -0.1) is 0 Å². The highest BCUT2D eigenvalue weighted by molar-refractivity contribution is 6.05. The molecule has 2 amide bonds. The van der Waals surface area contributed by atoms with Crippen molar-refractivity contribution in [2.45, 2.75) is 45.6 Å². The van der Waals surface area contributed by atoms with E-state index in [1.165, 1.54) is 24.3 Å². The Balaban J connectivity index is 1.88. The second kappa shape index (κ2) is 11.3. The maximum absolute atomic E-state index is 13.3. The predicted molar refractivity (Wildman–Crippen MR) is 126 cm³/mol. The summed E-state index contributed by atoms with van der Waals surface area (Å²) < 4.78 is 5.66. The van der Waals surface area contributed by atoms with E-state index < -0.39 is 10.8 Å². The minimum absolute atomic E-state index is 0.0424. The Hall–Kier alpha value is -3.68. The lowest BCUT2D eigenvalue weighted by Gasteiger charge is -2.22. The number of nitro groups is 1.